The fourth-order valence-corrected chi connectivity index (χ4v) is 1.98. The van der Waals surface area contributed by atoms with Gasteiger partial charge in [0, 0.05) is 31.1 Å². The normalized spacial score (nSPS) is 14.1. The van der Waals surface area contributed by atoms with Crippen LogP contribution in [0.15, 0.2) is 12.1 Å². The molecule has 0 radical (unpaired) electrons. The molecule has 0 atom stereocenters. The Bertz CT molecular complexity index is 535. The van der Waals surface area contributed by atoms with Crippen molar-refractivity contribution in [2.75, 3.05) is 19.6 Å². The molecule has 0 unspecified atom stereocenters. The van der Waals surface area contributed by atoms with Crippen molar-refractivity contribution in [1.82, 2.24) is 10.6 Å². The van der Waals surface area contributed by atoms with Crippen molar-refractivity contribution in [2.24, 2.45) is 5.92 Å². The van der Waals surface area contributed by atoms with Crippen molar-refractivity contribution in [2.45, 2.75) is 6.92 Å². The quantitative estimate of drug-likeness (QED) is 0.651. The Morgan fingerprint density at radius 2 is 2.20 bits per heavy atom. The molecule has 1 aromatic carbocycles. The fraction of sp³-hybridized carbons (Fsp3) is 0.417. The smallest absolute Gasteiger partial charge is 0.285 e. The summed E-state index contributed by atoms with van der Waals surface area (Å²) >= 11 is 0. The van der Waals surface area contributed by atoms with E-state index in [2.05, 4.69) is 10.6 Å². The van der Waals surface area contributed by atoms with Crippen LogP contribution >= 0.6 is 12.4 Å². The largest absolute Gasteiger partial charge is 0.351 e. The van der Waals surface area contributed by atoms with Gasteiger partial charge in [0.15, 0.2) is 0 Å². The second-order valence-electron chi connectivity index (χ2n) is 4.61. The summed E-state index contributed by atoms with van der Waals surface area (Å²) in [5.41, 5.74) is -0.430. The molecular formula is C12H15ClFN3O3. The molecule has 1 aliphatic rings. The van der Waals surface area contributed by atoms with Gasteiger partial charge in [0.05, 0.1) is 4.92 Å². The highest BCUT2D eigenvalue weighted by molar-refractivity contribution is 5.98. The first-order chi connectivity index (χ1) is 8.99. The van der Waals surface area contributed by atoms with E-state index >= 15 is 0 Å². The second kappa shape index (κ2) is 6.62. The number of halogens is 2. The lowest BCUT2D eigenvalue weighted by molar-refractivity contribution is -0.385. The van der Waals surface area contributed by atoms with Crippen molar-refractivity contribution in [3.8, 4) is 0 Å². The molecule has 1 heterocycles. The third-order valence-corrected chi connectivity index (χ3v) is 3.11. The number of rotatable bonds is 4. The number of nitro groups is 1. The Morgan fingerprint density at radius 3 is 2.70 bits per heavy atom. The van der Waals surface area contributed by atoms with Gasteiger partial charge in [-0.2, -0.15) is 0 Å². The Morgan fingerprint density at radius 1 is 1.55 bits per heavy atom. The van der Waals surface area contributed by atoms with Gasteiger partial charge in [0.2, 0.25) is 0 Å². The summed E-state index contributed by atoms with van der Waals surface area (Å²) in [6.45, 7) is 3.46. The third-order valence-electron chi connectivity index (χ3n) is 3.11. The van der Waals surface area contributed by atoms with Crippen LogP contribution in [0.3, 0.4) is 0 Å². The summed E-state index contributed by atoms with van der Waals surface area (Å²) in [6.07, 6.45) is 0. The molecule has 0 aromatic heterocycles. The number of nitrogens with zero attached hydrogens (tertiary/aromatic N) is 1. The van der Waals surface area contributed by atoms with Gasteiger partial charge in [-0.3, -0.25) is 14.9 Å². The third kappa shape index (κ3) is 3.43. The predicted molar refractivity (Wildman–Crippen MR) is 73.7 cm³/mol. The number of benzene rings is 1. The van der Waals surface area contributed by atoms with Crippen LogP contribution in [0.25, 0.3) is 0 Å². The maximum Gasteiger partial charge on any atom is 0.285 e. The van der Waals surface area contributed by atoms with Crippen LogP contribution in [0, 0.1) is 28.8 Å². The van der Waals surface area contributed by atoms with Gasteiger partial charge in [-0.25, -0.2) is 4.39 Å². The minimum absolute atomic E-state index is 0. The van der Waals surface area contributed by atoms with Crippen LogP contribution in [0.1, 0.15) is 15.9 Å². The van der Waals surface area contributed by atoms with Crippen molar-refractivity contribution >= 4 is 24.0 Å². The number of amides is 1. The Labute approximate surface area is 121 Å². The van der Waals surface area contributed by atoms with Crippen molar-refractivity contribution in [3.63, 3.8) is 0 Å². The molecule has 20 heavy (non-hydrogen) atoms. The first-order valence-corrected chi connectivity index (χ1v) is 5.92. The second-order valence-corrected chi connectivity index (χ2v) is 4.61. The van der Waals surface area contributed by atoms with Gasteiger partial charge in [-0.05, 0) is 19.1 Å². The zero-order valence-electron chi connectivity index (χ0n) is 10.8. The van der Waals surface area contributed by atoms with Crippen LogP contribution < -0.4 is 10.6 Å². The molecule has 110 valence electrons. The van der Waals surface area contributed by atoms with E-state index in [4.69, 9.17) is 0 Å². The van der Waals surface area contributed by atoms with E-state index in [1.54, 1.807) is 0 Å². The van der Waals surface area contributed by atoms with E-state index in [-0.39, 0.29) is 29.2 Å². The number of aryl methyl sites for hydroxylation is 1. The lowest BCUT2D eigenvalue weighted by Gasteiger charge is -2.27. The van der Waals surface area contributed by atoms with Crippen LogP contribution in [-0.2, 0) is 0 Å². The van der Waals surface area contributed by atoms with Gasteiger partial charge >= 0.3 is 0 Å². The van der Waals surface area contributed by atoms with Gasteiger partial charge < -0.3 is 10.6 Å². The Balaban J connectivity index is 0.00000200. The topological polar surface area (TPSA) is 84.3 Å². The standard InChI is InChI=1S/C12H14FN3O3.ClH/c1-7-2-9(13)3-10(11(7)16(18)19)12(17)15-6-8-4-14-5-8;/h2-3,8,14H,4-6H2,1H3,(H,15,17);1H. The van der Waals surface area contributed by atoms with Crippen LogP contribution in [0.4, 0.5) is 10.1 Å². The maximum absolute atomic E-state index is 13.3. The summed E-state index contributed by atoms with van der Waals surface area (Å²) in [4.78, 5) is 22.2. The van der Waals surface area contributed by atoms with Crippen LogP contribution in [0.2, 0.25) is 0 Å². The molecule has 1 fully saturated rings. The van der Waals surface area contributed by atoms with Gasteiger partial charge in [-0.1, -0.05) is 0 Å². The molecule has 0 spiro atoms. The minimum Gasteiger partial charge on any atom is -0.351 e. The molecule has 1 saturated heterocycles. The molecule has 2 N–H and O–H groups in total. The van der Waals surface area contributed by atoms with Crippen molar-refractivity contribution in [3.05, 3.63) is 39.2 Å². The monoisotopic (exact) mass is 303 g/mol. The van der Waals surface area contributed by atoms with E-state index in [0.29, 0.717) is 12.5 Å². The van der Waals surface area contributed by atoms with E-state index in [1.165, 1.54) is 6.92 Å². The zero-order chi connectivity index (χ0) is 14.0. The summed E-state index contributed by atoms with van der Waals surface area (Å²) in [6, 6.07) is 1.95. The molecule has 0 aliphatic carbocycles. The Kier molecular flexibility index (Phi) is 5.41. The molecule has 1 aromatic rings. The van der Waals surface area contributed by atoms with Crippen molar-refractivity contribution in [1.29, 1.82) is 0 Å². The molecule has 1 amide bonds. The number of hydrogen-bond acceptors (Lipinski definition) is 4. The van der Waals surface area contributed by atoms with E-state index in [9.17, 15) is 19.3 Å². The van der Waals surface area contributed by atoms with E-state index in [1.807, 2.05) is 0 Å². The highest BCUT2D eigenvalue weighted by Crippen LogP contribution is 2.24. The molecule has 6 nitrogen and oxygen atoms in total. The predicted octanol–water partition coefficient (Wildman–Crippen LogP) is 1.41. The molecule has 0 bridgehead atoms. The highest BCUT2D eigenvalue weighted by Gasteiger charge is 2.25. The number of nitro benzene ring substituents is 1. The molecule has 2 rings (SSSR count). The van der Waals surface area contributed by atoms with Gasteiger partial charge in [0.25, 0.3) is 11.6 Å². The SMILES string of the molecule is Cc1cc(F)cc(C(=O)NCC2CNC2)c1[N+](=O)[O-].Cl. The highest BCUT2D eigenvalue weighted by atomic mass is 35.5. The zero-order valence-corrected chi connectivity index (χ0v) is 11.6. The van der Waals surface area contributed by atoms with Gasteiger partial charge in [0.1, 0.15) is 11.4 Å². The number of carbonyl (C=O) groups excluding carboxylic acids is 1. The minimum atomic E-state index is -0.658. The average Bonchev–Trinajstić information content (AvgIpc) is 2.24. The number of hydrogen-bond donors (Lipinski definition) is 2. The number of nitrogens with one attached hydrogen (secondary N) is 2. The number of carbonyl (C=O) groups is 1. The first-order valence-electron chi connectivity index (χ1n) is 5.92. The Hall–Kier alpha value is -1.73. The summed E-state index contributed by atoms with van der Waals surface area (Å²) in [5.74, 6) is -0.933. The first kappa shape index (κ1) is 16.3. The van der Waals surface area contributed by atoms with Crippen LogP contribution in [-0.4, -0.2) is 30.5 Å². The summed E-state index contributed by atoms with van der Waals surface area (Å²) in [7, 11) is 0. The fourth-order valence-electron chi connectivity index (χ4n) is 1.98. The lowest BCUT2D eigenvalue weighted by atomic mass is 10.0. The average molecular weight is 304 g/mol. The molecule has 1 aliphatic heterocycles. The van der Waals surface area contributed by atoms with E-state index in [0.717, 1.165) is 25.2 Å². The maximum atomic E-state index is 13.3. The van der Waals surface area contributed by atoms with Crippen LogP contribution in [0.5, 0.6) is 0 Å². The molecule has 8 heteroatoms. The lowest BCUT2D eigenvalue weighted by Crippen LogP contribution is -2.48. The molecular weight excluding hydrogens is 289 g/mol. The summed E-state index contributed by atoms with van der Waals surface area (Å²) < 4.78 is 13.3. The van der Waals surface area contributed by atoms with Gasteiger partial charge in [-0.15, -0.1) is 12.4 Å². The molecule has 0 saturated carbocycles. The van der Waals surface area contributed by atoms with E-state index < -0.39 is 16.6 Å². The van der Waals surface area contributed by atoms with Crippen molar-refractivity contribution < 1.29 is 14.1 Å². The summed E-state index contributed by atoms with van der Waals surface area (Å²) in [5, 5.41) is 16.6.